The number of hydrogen-bond donors (Lipinski definition) is 1. The number of amides is 2. The van der Waals surface area contributed by atoms with E-state index in [2.05, 4.69) is 5.32 Å². The minimum Gasteiger partial charge on any atom is -0.464 e. The topological polar surface area (TPSA) is 58.6 Å². The molecule has 1 atom stereocenters. The van der Waals surface area contributed by atoms with Gasteiger partial charge in [0.15, 0.2) is 0 Å². The molecule has 0 radical (unpaired) electrons. The number of rotatable bonds is 5. The molecule has 0 aliphatic carbocycles. The van der Waals surface area contributed by atoms with Crippen molar-refractivity contribution in [3.05, 3.63) is 35.9 Å². The van der Waals surface area contributed by atoms with E-state index in [0.717, 1.165) is 5.56 Å². The highest BCUT2D eigenvalue weighted by Crippen LogP contribution is 2.01. The molecule has 0 bridgehead atoms. The highest BCUT2D eigenvalue weighted by molar-refractivity contribution is 5.83. The average molecular weight is 264 g/mol. The number of benzene rings is 1. The van der Waals surface area contributed by atoms with E-state index in [0.29, 0.717) is 13.2 Å². The molecule has 104 valence electrons. The summed E-state index contributed by atoms with van der Waals surface area (Å²) in [5, 5.41) is 2.76. The van der Waals surface area contributed by atoms with Crippen LogP contribution in [0.1, 0.15) is 19.4 Å². The molecule has 1 rings (SSSR count). The Balaban J connectivity index is 2.46. The number of nitrogens with one attached hydrogen (secondary N) is 1. The van der Waals surface area contributed by atoms with Gasteiger partial charge in [-0.1, -0.05) is 30.3 Å². The quantitative estimate of drug-likeness (QED) is 0.825. The Labute approximate surface area is 113 Å². The molecule has 5 heteroatoms. The number of urea groups is 1. The summed E-state index contributed by atoms with van der Waals surface area (Å²) in [6, 6.07) is 8.68. The monoisotopic (exact) mass is 264 g/mol. The van der Waals surface area contributed by atoms with Crippen molar-refractivity contribution in [1.82, 2.24) is 10.2 Å². The van der Waals surface area contributed by atoms with E-state index in [1.54, 1.807) is 20.9 Å². The number of nitrogens with zero attached hydrogens (tertiary/aromatic N) is 1. The zero-order valence-corrected chi connectivity index (χ0v) is 11.6. The van der Waals surface area contributed by atoms with Gasteiger partial charge in [0, 0.05) is 13.6 Å². The molecule has 0 saturated heterocycles. The van der Waals surface area contributed by atoms with Crippen molar-refractivity contribution in [1.29, 1.82) is 0 Å². The third-order valence-electron chi connectivity index (χ3n) is 2.82. The normalized spacial score (nSPS) is 11.5. The van der Waals surface area contributed by atoms with Crippen LogP contribution in [-0.4, -0.2) is 36.6 Å². The molecular formula is C14H20N2O3. The summed E-state index contributed by atoms with van der Waals surface area (Å²) in [6.07, 6.45) is 0. The fraction of sp³-hybridized carbons (Fsp3) is 0.429. The lowest BCUT2D eigenvalue weighted by molar-refractivity contribution is -0.147. The van der Waals surface area contributed by atoms with Gasteiger partial charge in [-0.25, -0.2) is 9.59 Å². The maximum absolute atomic E-state index is 11.9. The van der Waals surface area contributed by atoms with Crippen molar-refractivity contribution in [2.24, 2.45) is 0 Å². The second-order valence-corrected chi connectivity index (χ2v) is 4.18. The maximum Gasteiger partial charge on any atom is 0.328 e. The maximum atomic E-state index is 11.9. The van der Waals surface area contributed by atoms with E-state index >= 15 is 0 Å². The lowest BCUT2D eigenvalue weighted by Crippen LogP contribution is -2.46. The number of likely N-dealkylation sites (N-methyl/N-ethyl adjacent to an activating group) is 1. The van der Waals surface area contributed by atoms with Crippen LogP contribution in [0.2, 0.25) is 0 Å². The van der Waals surface area contributed by atoms with Crippen LogP contribution in [-0.2, 0) is 16.1 Å². The van der Waals surface area contributed by atoms with E-state index in [9.17, 15) is 9.59 Å². The van der Waals surface area contributed by atoms with E-state index in [1.807, 2.05) is 30.3 Å². The SMILES string of the molecule is CCOC(=O)C(C)N(C)C(=O)NCc1ccccc1. The van der Waals surface area contributed by atoms with Crippen LogP contribution < -0.4 is 5.32 Å². The molecule has 0 saturated carbocycles. The Bertz CT molecular complexity index is 420. The van der Waals surface area contributed by atoms with Crippen molar-refractivity contribution in [2.45, 2.75) is 26.4 Å². The third-order valence-corrected chi connectivity index (χ3v) is 2.82. The second kappa shape index (κ2) is 7.41. The van der Waals surface area contributed by atoms with Crippen molar-refractivity contribution >= 4 is 12.0 Å². The number of ether oxygens (including phenoxy) is 1. The molecule has 2 amide bonds. The van der Waals surface area contributed by atoms with Crippen LogP contribution in [0.5, 0.6) is 0 Å². The molecule has 0 aromatic heterocycles. The summed E-state index contributed by atoms with van der Waals surface area (Å²) >= 11 is 0. The Hall–Kier alpha value is -2.04. The smallest absolute Gasteiger partial charge is 0.328 e. The van der Waals surface area contributed by atoms with Gasteiger partial charge >= 0.3 is 12.0 Å². The Morgan fingerprint density at radius 2 is 1.95 bits per heavy atom. The summed E-state index contributed by atoms with van der Waals surface area (Å²) in [7, 11) is 1.57. The predicted octanol–water partition coefficient (Wildman–Crippen LogP) is 1.78. The molecule has 1 N–H and O–H groups in total. The van der Waals surface area contributed by atoms with Gasteiger partial charge in [0.2, 0.25) is 0 Å². The summed E-state index contributed by atoms with van der Waals surface area (Å²) in [6.45, 7) is 4.11. The van der Waals surface area contributed by atoms with E-state index in [1.165, 1.54) is 4.90 Å². The zero-order valence-electron chi connectivity index (χ0n) is 11.6. The number of esters is 1. The first-order valence-electron chi connectivity index (χ1n) is 6.27. The Morgan fingerprint density at radius 3 is 2.53 bits per heavy atom. The molecular weight excluding hydrogens is 244 g/mol. The van der Waals surface area contributed by atoms with Crippen molar-refractivity contribution in [2.75, 3.05) is 13.7 Å². The first kappa shape index (κ1) is 15.0. The van der Waals surface area contributed by atoms with Gasteiger partial charge in [0.1, 0.15) is 6.04 Å². The lowest BCUT2D eigenvalue weighted by atomic mass is 10.2. The molecule has 0 aliphatic heterocycles. The minimum atomic E-state index is -0.601. The second-order valence-electron chi connectivity index (χ2n) is 4.18. The third kappa shape index (κ3) is 4.62. The zero-order chi connectivity index (χ0) is 14.3. The molecule has 0 spiro atoms. The first-order valence-corrected chi connectivity index (χ1v) is 6.27. The van der Waals surface area contributed by atoms with Crippen molar-refractivity contribution in [3.8, 4) is 0 Å². The number of carbonyl (C=O) groups excluding carboxylic acids is 2. The van der Waals surface area contributed by atoms with Gasteiger partial charge < -0.3 is 15.0 Å². The lowest BCUT2D eigenvalue weighted by Gasteiger charge is -2.23. The van der Waals surface area contributed by atoms with Gasteiger partial charge in [-0.05, 0) is 19.4 Å². The molecule has 5 nitrogen and oxygen atoms in total. The molecule has 0 aliphatic rings. The van der Waals surface area contributed by atoms with Crippen LogP contribution >= 0.6 is 0 Å². The largest absolute Gasteiger partial charge is 0.464 e. The summed E-state index contributed by atoms with van der Waals surface area (Å²) in [5.41, 5.74) is 1.01. The van der Waals surface area contributed by atoms with Crippen LogP contribution in [0.15, 0.2) is 30.3 Å². The molecule has 1 aromatic rings. The van der Waals surface area contributed by atoms with Crippen molar-refractivity contribution in [3.63, 3.8) is 0 Å². The minimum absolute atomic E-state index is 0.301. The Morgan fingerprint density at radius 1 is 1.32 bits per heavy atom. The van der Waals surface area contributed by atoms with Gasteiger partial charge in [-0.15, -0.1) is 0 Å². The molecule has 0 heterocycles. The van der Waals surface area contributed by atoms with Gasteiger partial charge in [0.25, 0.3) is 0 Å². The van der Waals surface area contributed by atoms with Crippen LogP contribution in [0.4, 0.5) is 4.79 Å². The van der Waals surface area contributed by atoms with Crippen LogP contribution in [0.3, 0.4) is 0 Å². The fourth-order valence-corrected chi connectivity index (χ4v) is 1.50. The predicted molar refractivity (Wildman–Crippen MR) is 72.5 cm³/mol. The molecule has 19 heavy (non-hydrogen) atoms. The van der Waals surface area contributed by atoms with Gasteiger partial charge in [0.05, 0.1) is 6.61 Å². The summed E-state index contributed by atoms with van der Waals surface area (Å²) < 4.78 is 4.88. The highest BCUT2D eigenvalue weighted by atomic mass is 16.5. The van der Waals surface area contributed by atoms with Gasteiger partial charge in [-0.3, -0.25) is 0 Å². The standard InChI is InChI=1S/C14H20N2O3/c1-4-19-13(17)11(2)16(3)14(18)15-10-12-8-6-5-7-9-12/h5-9,11H,4,10H2,1-3H3,(H,15,18). The molecule has 1 unspecified atom stereocenters. The summed E-state index contributed by atoms with van der Waals surface area (Å²) in [4.78, 5) is 24.7. The number of carbonyl (C=O) groups is 2. The molecule has 1 aromatic carbocycles. The Kier molecular flexibility index (Phi) is 5.85. The van der Waals surface area contributed by atoms with E-state index < -0.39 is 12.0 Å². The fourth-order valence-electron chi connectivity index (χ4n) is 1.50. The van der Waals surface area contributed by atoms with Crippen LogP contribution in [0.25, 0.3) is 0 Å². The molecule has 0 fully saturated rings. The van der Waals surface area contributed by atoms with Crippen LogP contribution in [0, 0.1) is 0 Å². The summed E-state index contributed by atoms with van der Waals surface area (Å²) in [5.74, 6) is -0.403. The van der Waals surface area contributed by atoms with E-state index in [-0.39, 0.29) is 6.03 Å². The average Bonchev–Trinajstić information content (AvgIpc) is 2.44. The highest BCUT2D eigenvalue weighted by Gasteiger charge is 2.23. The van der Waals surface area contributed by atoms with Crippen molar-refractivity contribution < 1.29 is 14.3 Å². The number of hydrogen-bond acceptors (Lipinski definition) is 3. The van der Waals surface area contributed by atoms with Gasteiger partial charge in [-0.2, -0.15) is 0 Å². The first-order chi connectivity index (χ1) is 9.06. The van der Waals surface area contributed by atoms with E-state index in [4.69, 9.17) is 4.74 Å².